The molecule has 12 heteroatoms. The van der Waals surface area contributed by atoms with Crippen molar-refractivity contribution in [3.05, 3.63) is 65.2 Å². The molecule has 2 atom stereocenters. The lowest BCUT2D eigenvalue weighted by molar-refractivity contribution is 0.459. The van der Waals surface area contributed by atoms with E-state index in [0.717, 1.165) is 12.3 Å². The van der Waals surface area contributed by atoms with E-state index in [4.69, 9.17) is 0 Å². The molecule has 170 valence electrons. The van der Waals surface area contributed by atoms with Crippen LogP contribution in [-0.2, 0) is 7.05 Å². The molecular formula is C21H21F2N9O. The molecule has 0 aliphatic heterocycles. The lowest BCUT2D eigenvalue weighted by Crippen LogP contribution is -2.21. The number of hydrogen-bond acceptors (Lipinski definition) is 7. The smallest absolute Gasteiger partial charge is 0.279 e. The lowest BCUT2D eigenvalue weighted by Gasteiger charge is -2.12. The molecule has 4 heterocycles. The maximum absolute atomic E-state index is 14.4. The average Bonchev–Trinajstić information content (AvgIpc) is 3.15. The number of aromatic nitrogens is 6. The van der Waals surface area contributed by atoms with Gasteiger partial charge in [-0.1, -0.05) is 6.58 Å². The molecule has 0 bridgehead atoms. The summed E-state index contributed by atoms with van der Waals surface area (Å²) in [5.41, 5.74) is 1.46. The van der Waals surface area contributed by atoms with Gasteiger partial charge in [-0.3, -0.25) is 14.0 Å². The molecule has 1 saturated carbocycles. The summed E-state index contributed by atoms with van der Waals surface area (Å²) >= 11 is 0. The standard InChI is InChI=1S/C21H21F2N9O/c1-11(27-16-5-15(16)23)14-8-26-32-19(24-2)6-18(29-20(14)32)28-17-4-12(22)9-31(21(17)33)13-7-25-30(3)10-13/h4,6-10,15-16,24,27H,1,5H2,2-3H3,(H,28,29)/t15-,16+/m1/s1. The van der Waals surface area contributed by atoms with Crippen molar-refractivity contribution in [3.63, 3.8) is 0 Å². The Kier molecular flexibility index (Phi) is 4.84. The Morgan fingerprint density at radius 2 is 2.03 bits per heavy atom. The van der Waals surface area contributed by atoms with Crippen molar-refractivity contribution in [2.75, 3.05) is 17.7 Å². The number of nitrogens with one attached hydrogen (secondary N) is 3. The number of aryl methyl sites for hydroxylation is 1. The third kappa shape index (κ3) is 3.79. The van der Waals surface area contributed by atoms with Crippen LogP contribution >= 0.6 is 0 Å². The van der Waals surface area contributed by atoms with Crippen LogP contribution in [-0.4, -0.2) is 48.2 Å². The predicted molar refractivity (Wildman–Crippen MR) is 120 cm³/mol. The Morgan fingerprint density at radius 3 is 2.70 bits per heavy atom. The fourth-order valence-electron chi connectivity index (χ4n) is 3.53. The van der Waals surface area contributed by atoms with E-state index in [9.17, 15) is 13.6 Å². The van der Waals surface area contributed by atoms with Crippen LogP contribution in [0.3, 0.4) is 0 Å². The quantitative estimate of drug-likeness (QED) is 0.394. The normalized spacial score (nSPS) is 17.2. The Bertz CT molecular complexity index is 1440. The Balaban J connectivity index is 1.54. The number of fused-ring (bicyclic) bond motifs is 1. The second-order valence-electron chi connectivity index (χ2n) is 7.80. The van der Waals surface area contributed by atoms with E-state index in [-0.39, 0.29) is 17.5 Å². The van der Waals surface area contributed by atoms with Crippen molar-refractivity contribution in [2.45, 2.75) is 18.6 Å². The van der Waals surface area contributed by atoms with Crippen molar-refractivity contribution in [3.8, 4) is 5.69 Å². The number of alkyl halides is 1. The Morgan fingerprint density at radius 1 is 1.24 bits per heavy atom. The predicted octanol–water partition coefficient (Wildman–Crippen LogP) is 2.21. The highest BCUT2D eigenvalue weighted by Crippen LogP contribution is 2.29. The number of anilines is 3. The molecule has 0 unspecified atom stereocenters. The van der Waals surface area contributed by atoms with E-state index in [1.165, 1.54) is 15.4 Å². The lowest BCUT2D eigenvalue weighted by atomic mass is 10.2. The van der Waals surface area contributed by atoms with Gasteiger partial charge in [-0.2, -0.15) is 14.7 Å². The first kappa shape index (κ1) is 20.7. The molecule has 3 N–H and O–H groups in total. The molecule has 1 aliphatic carbocycles. The number of nitrogens with zero attached hydrogens (tertiary/aromatic N) is 6. The number of halogens is 2. The third-order valence-corrected chi connectivity index (χ3v) is 5.34. The van der Waals surface area contributed by atoms with Gasteiger partial charge in [0.1, 0.15) is 29.3 Å². The molecule has 0 radical (unpaired) electrons. The fourth-order valence-corrected chi connectivity index (χ4v) is 3.53. The molecule has 5 rings (SSSR count). The van der Waals surface area contributed by atoms with Gasteiger partial charge in [-0.25, -0.2) is 13.8 Å². The minimum Gasteiger partial charge on any atom is -0.379 e. The van der Waals surface area contributed by atoms with Crippen LogP contribution in [0.1, 0.15) is 12.0 Å². The zero-order valence-electron chi connectivity index (χ0n) is 17.9. The fraction of sp³-hybridized carbons (Fsp3) is 0.238. The van der Waals surface area contributed by atoms with E-state index in [1.54, 1.807) is 37.1 Å². The highest BCUT2D eigenvalue weighted by atomic mass is 19.1. The summed E-state index contributed by atoms with van der Waals surface area (Å²) in [5, 5.41) is 17.3. The van der Waals surface area contributed by atoms with Crippen molar-refractivity contribution in [1.82, 2.24) is 34.3 Å². The third-order valence-electron chi connectivity index (χ3n) is 5.34. The highest BCUT2D eigenvalue weighted by molar-refractivity contribution is 5.76. The molecule has 1 fully saturated rings. The Hall–Kier alpha value is -4.22. The zero-order chi connectivity index (χ0) is 23.3. The number of hydrogen-bond donors (Lipinski definition) is 3. The van der Waals surface area contributed by atoms with Gasteiger partial charge in [0.05, 0.1) is 29.7 Å². The molecule has 0 saturated heterocycles. The van der Waals surface area contributed by atoms with Crippen LogP contribution in [0.2, 0.25) is 0 Å². The largest absolute Gasteiger partial charge is 0.379 e. The maximum atomic E-state index is 14.4. The summed E-state index contributed by atoms with van der Waals surface area (Å²) in [6, 6.07) is 2.47. The summed E-state index contributed by atoms with van der Waals surface area (Å²) < 4.78 is 31.9. The van der Waals surface area contributed by atoms with Gasteiger partial charge >= 0.3 is 0 Å². The van der Waals surface area contributed by atoms with Gasteiger partial charge in [0.15, 0.2) is 5.65 Å². The summed E-state index contributed by atoms with van der Waals surface area (Å²) in [6.07, 6.45) is 5.29. The van der Waals surface area contributed by atoms with Crippen molar-refractivity contribution in [2.24, 2.45) is 7.05 Å². The van der Waals surface area contributed by atoms with E-state index < -0.39 is 17.5 Å². The minimum absolute atomic E-state index is 0.00553. The first-order valence-electron chi connectivity index (χ1n) is 10.2. The Labute approximate surface area is 186 Å². The topological polar surface area (TPSA) is 106 Å². The molecule has 0 amide bonds. The van der Waals surface area contributed by atoms with E-state index in [2.05, 4.69) is 37.7 Å². The van der Waals surface area contributed by atoms with Gasteiger partial charge < -0.3 is 16.0 Å². The van der Waals surface area contributed by atoms with Crippen LogP contribution < -0.4 is 21.5 Å². The number of rotatable bonds is 7. The first-order chi connectivity index (χ1) is 15.8. The SMILES string of the molecule is C=C(N[C@H]1C[C@H]1F)c1cnn2c(NC)cc(Nc3cc(F)cn(-c4cnn(C)c4)c3=O)nc12. The van der Waals surface area contributed by atoms with Gasteiger partial charge in [0.25, 0.3) is 5.56 Å². The summed E-state index contributed by atoms with van der Waals surface area (Å²) in [6.45, 7) is 3.98. The molecular weight excluding hydrogens is 432 g/mol. The van der Waals surface area contributed by atoms with Crippen LogP contribution in [0.4, 0.5) is 26.1 Å². The first-order valence-corrected chi connectivity index (χ1v) is 10.2. The second-order valence-corrected chi connectivity index (χ2v) is 7.80. The van der Waals surface area contributed by atoms with E-state index in [1.807, 2.05) is 0 Å². The minimum atomic E-state index is -0.892. The van der Waals surface area contributed by atoms with E-state index in [0.29, 0.717) is 34.8 Å². The highest BCUT2D eigenvalue weighted by Gasteiger charge is 2.38. The van der Waals surface area contributed by atoms with Crippen molar-refractivity contribution < 1.29 is 8.78 Å². The summed E-state index contributed by atoms with van der Waals surface area (Å²) in [4.78, 5) is 17.6. The van der Waals surface area contributed by atoms with Crippen LogP contribution in [0, 0.1) is 5.82 Å². The summed E-state index contributed by atoms with van der Waals surface area (Å²) in [7, 11) is 3.41. The molecule has 4 aromatic heterocycles. The molecule has 4 aromatic rings. The van der Waals surface area contributed by atoms with Crippen LogP contribution in [0.5, 0.6) is 0 Å². The van der Waals surface area contributed by atoms with Crippen molar-refractivity contribution >= 4 is 28.7 Å². The molecule has 33 heavy (non-hydrogen) atoms. The van der Waals surface area contributed by atoms with Gasteiger partial charge in [-0.15, -0.1) is 0 Å². The average molecular weight is 453 g/mol. The molecule has 0 spiro atoms. The monoisotopic (exact) mass is 453 g/mol. The molecule has 1 aliphatic rings. The maximum Gasteiger partial charge on any atom is 0.279 e. The van der Waals surface area contributed by atoms with Crippen LogP contribution in [0.15, 0.2) is 48.3 Å². The molecule has 10 nitrogen and oxygen atoms in total. The summed E-state index contributed by atoms with van der Waals surface area (Å²) in [5.74, 6) is 0.251. The van der Waals surface area contributed by atoms with Crippen LogP contribution in [0.25, 0.3) is 17.0 Å². The molecule has 0 aromatic carbocycles. The second kappa shape index (κ2) is 7.73. The van der Waals surface area contributed by atoms with Crippen molar-refractivity contribution in [1.29, 1.82) is 0 Å². The van der Waals surface area contributed by atoms with Gasteiger partial charge in [-0.05, 0) is 0 Å². The van der Waals surface area contributed by atoms with Gasteiger partial charge in [0, 0.05) is 50.7 Å². The van der Waals surface area contributed by atoms with Gasteiger partial charge in [0.2, 0.25) is 0 Å². The number of pyridine rings is 1. The van der Waals surface area contributed by atoms with E-state index >= 15 is 0 Å². The zero-order valence-corrected chi connectivity index (χ0v) is 17.9.